The predicted molar refractivity (Wildman–Crippen MR) is 147 cm³/mol. The maximum Gasteiger partial charge on any atom is 0.338 e. The molecular weight excluding hydrogens is 484 g/mol. The van der Waals surface area contributed by atoms with E-state index in [0.29, 0.717) is 25.1 Å². The van der Waals surface area contributed by atoms with Gasteiger partial charge in [-0.2, -0.15) is 0 Å². The molecule has 0 aliphatic carbocycles. The number of nitrogens with zero attached hydrogens (tertiary/aromatic N) is 2. The van der Waals surface area contributed by atoms with Gasteiger partial charge in [0, 0.05) is 31.1 Å². The van der Waals surface area contributed by atoms with Crippen molar-refractivity contribution in [2.45, 2.75) is 44.4 Å². The monoisotopic (exact) mass is 518 g/mol. The average Bonchev–Trinajstić information content (AvgIpc) is 3.23. The summed E-state index contributed by atoms with van der Waals surface area (Å²) in [5, 5.41) is 13.2. The Kier molecular flexibility index (Phi) is 7.92. The van der Waals surface area contributed by atoms with Crippen molar-refractivity contribution in [1.29, 1.82) is 0 Å². The molecule has 7 nitrogen and oxygen atoms in total. The predicted octanol–water partition coefficient (Wildman–Crippen LogP) is 4.40. The van der Waals surface area contributed by atoms with E-state index in [1.165, 1.54) is 34.6 Å². The number of esters is 1. The van der Waals surface area contributed by atoms with Crippen LogP contribution in [0.2, 0.25) is 5.04 Å². The number of hydrogen-bond acceptors (Lipinski definition) is 6. The van der Waals surface area contributed by atoms with E-state index in [9.17, 15) is 14.9 Å². The minimum absolute atomic E-state index is 0.0577. The number of nitro benzene ring substituents is 1. The van der Waals surface area contributed by atoms with Gasteiger partial charge < -0.3 is 9.16 Å². The first kappa shape index (κ1) is 26.7. The summed E-state index contributed by atoms with van der Waals surface area (Å²) < 4.78 is 12.9. The minimum Gasteiger partial charge on any atom is -0.457 e. The summed E-state index contributed by atoms with van der Waals surface area (Å²) in [6.45, 7) is 7.90. The van der Waals surface area contributed by atoms with E-state index in [4.69, 9.17) is 9.16 Å². The van der Waals surface area contributed by atoms with Gasteiger partial charge in [-0.25, -0.2) is 4.79 Å². The quantitative estimate of drug-likeness (QED) is 0.190. The standard InChI is InChI=1S/C29H34N2O5Si/c1-29(2,3)37(26-11-7-5-8-12-26,27-13-9-6-10-14-27)35-21-24-19-25(20-30(24)4)36-28(32)22-15-17-23(18-16-22)31(33)34/h5-18,24-25H,19-21H2,1-4H3/t24-,25-/m0/s1. The van der Waals surface area contributed by atoms with Gasteiger partial charge in [0.05, 0.1) is 17.1 Å². The molecule has 1 heterocycles. The van der Waals surface area contributed by atoms with Crippen molar-refractivity contribution in [3.05, 3.63) is 101 Å². The molecular formula is C29H34N2O5Si. The van der Waals surface area contributed by atoms with Gasteiger partial charge in [0.2, 0.25) is 0 Å². The molecule has 194 valence electrons. The highest BCUT2D eigenvalue weighted by Gasteiger charge is 2.50. The molecule has 0 amide bonds. The minimum atomic E-state index is -2.66. The Bertz CT molecular complexity index is 1170. The molecule has 0 saturated carbocycles. The average molecular weight is 519 g/mol. The SMILES string of the molecule is CN1C[C@@H](OC(=O)c2ccc([N+](=O)[O-])cc2)C[C@H]1CO[Si](c1ccccc1)(c1ccccc1)C(C)(C)C. The van der Waals surface area contributed by atoms with Gasteiger partial charge >= 0.3 is 5.97 Å². The van der Waals surface area contributed by atoms with E-state index >= 15 is 0 Å². The second-order valence-corrected chi connectivity index (χ2v) is 14.9. The zero-order valence-electron chi connectivity index (χ0n) is 21.8. The van der Waals surface area contributed by atoms with Crippen LogP contribution in [0, 0.1) is 10.1 Å². The molecule has 0 radical (unpaired) electrons. The van der Waals surface area contributed by atoms with Crippen molar-refractivity contribution >= 4 is 30.3 Å². The number of likely N-dealkylation sites (N-methyl/N-ethyl adjacent to an activating group) is 1. The highest BCUT2D eigenvalue weighted by atomic mass is 28.4. The zero-order chi connectivity index (χ0) is 26.6. The molecule has 0 unspecified atom stereocenters. The zero-order valence-corrected chi connectivity index (χ0v) is 22.8. The number of ether oxygens (including phenoxy) is 1. The summed E-state index contributed by atoms with van der Waals surface area (Å²) in [6.07, 6.45) is 0.383. The third kappa shape index (κ3) is 5.66. The fourth-order valence-corrected chi connectivity index (χ4v) is 9.83. The first-order valence-electron chi connectivity index (χ1n) is 12.5. The van der Waals surface area contributed by atoms with Crippen molar-refractivity contribution in [2.75, 3.05) is 20.2 Å². The number of carbonyl (C=O) groups is 1. The van der Waals surface area contributed by atoms with Crippen molar-refractivity contribution in [3.63, 3.8) is 0 Å². The van der Waals surface area contributed by atoms with Gasteiger partial charge in [0.1, 0.15) is 6.10 Å². The Morgan fingerprint density at radius 3 is 2.00 bits per heavy atom. The number of carbonyl (C=O) groups excluding carboxylic acids is 1. The summed E-state index contributed by atoms with van der Waals surface area (Å²) in [6, 6.07) is 26.7. The van der Waals surface area contributed by atoms with Crippen LogP contribution in [0.1, 0.15) is 37.6 Å². The van der Waals surface area contributed by atoms with Crippen LogP contribution in [0.25, 0.3) is 0 Å². The third-order valence-electron chi connectivity index (χ3n) is 7.15. The Labute approximate surface area is 219 Å². The topological polar surface area (TPSA) is 81.9 Å². The molecule has 0 spiro atoms. The molecule has 2 atom stereocenters. The van der Waals surface area contributed by atoms with Crippen LogP contribution >= 0.6 is 0 Å². The first-order valence-corrected chi connectivity index (χ1v) is 14.4. The van der Waals surface area contributed by atoms with Crippen molar-refractivity contribution in [1.82, 2.24) is 4.90 Å². The summed E-state index contributed by atoms with van der Waals surface area (Å²) in [4.78, 5) is 25.3. The van der Waals surface area contributed by atoms with E-state index in [0.717, 1.165) is 0 Å². The van der Waals surface area contributed by atoms with Gasteiger partial charge in [-0.15, -0.1) is 0 Å². The highest BCUT2D eigenvalue weighted by Crippen LogP contribution is 2.37. The maximum absolute atomic E-state index is 12.7. The Hall–Kier alpha value is -3.33. The molecule has 4 rings (SSSR count). The number of non-ortho nitro benzene ring substituents is 1. The van der Waals surface area contributed by atoms with Gasteiger partial charge in [0.25, 0.3) is 14.0 Å². The van der Waals surface area contributed by atoms with Crippen molar-refractivity contribution in [3.8, 4) is 0 Å². The number of nitro groups is 1. The smallest absolute Gasteiger partial charge is 0.338 e. The lowest BCUT2D eigenvalue weighted by Crippen LogP contribution is -2.67. The Morgan fingerprint density at radius 2 is 1.51 bits per heavy atom. The second-order valence-electron chi connectivity index (χ2n) is 10.6. The maximum atomic E-state index is 12.7. The van der Waals surface area contributed by atoms with Crippen LogP contribution in [0.4, 0.5) is 5.69 Å². The molecule has 1 saturated heterocycles. The van der Waals surface area contributed by atoms with Gasteiger partial charge in [-0.3, -0.25) is 15.0 Å². The number of benzene rings is 3. The van der Waals surface area contributed by atoms with Gasteiger partial charge in [0.15, 0.2) is 0 Å². The van der Waals surface area contributed by atoms with Crippen LogP contribution in [0.3, 0.4) is 0 Å². The van der Waals surface area contributed by atoms with Crippen LogP contribution < -0.4 is 10.4 Å². The highest BCUT2D eigenvalue weighted by molar-refractivity contribution is 6.99. The van der Waals surface area contributed by atoms with Gasteiger partial charge in [-0.05, 0) is 34.6 Å². The third-order valence-corrected chi connectivity index (χ3v) is 12.2. The largest absolute Gasteiger partial charge is 0.457 e. The van der Waals surface area contributed by atoms with E-state index in [-0.39, 0.29) is 22.9 Å². The number of hydrogen-bond donors (Lipinski definition) is 0. The molecule has 3 aromatic carbocycles. The fraction of sp³-hybridized carbons (Fsp3) is 0.345. The number of rotatable bonds is 8. The van der Waals surface area contributed by atoms with Crippen molar-refractivity contribution < 1.29 is 18.9 Å². The summed E-state index contributed by atoms with van der Waals surface area (Å²) >= 11 is 0. The fourth-order valence-electron chi connectivity index (χ4n) is 5.23. The van der Waals surface area contributed by atoms with Crippen LogP contribution in [0.15, 0.2) is 84.9 Å². The van der Waals surface area contributed by atoms with E-state index in [1.54, 1.807) is 0 Å². The Morgan fingerprint density at radius 1 is 0.973 bits per heavy atom. The van der Waals surface area contributed by atoms with Gasteiger partial charge in [-0.1, -0.05) is 81.4 Å². The lowest BCUT2D eigenvalue weighted by molar-refractivity contribution is -0.384. The molecule has 0 aromatic heterocycles. The Balaban J connectivity index is 1.50. The molecule has 0 bridgehead atoms. The first-order chi connectivity index (χ1) is 17.6. The summed E-state index contributed by atoms with van der Waals surface area (Å²) in [7, 11) is -0.630. The van der Waals surface area contributed by atoms with Crippen molar-refractivity contribution in [2.24, 2.45) is 0 Å². The van der Waals surface area contributed by atoms with E-state index < -0.39 is 19.2 Å². The molecule has 1 aliphatic rings. The lowest BCUT2D eigenvalue weighted by atomic mass is 10.2. The molecule has 0 N–H and O–H groups in total. The normalized spacial score (nSPS) is 18.5. The molecule has 1 fully saturated rings. The van der Waals surface area contributed by atoms with E-state index in [2.05, 4.69) is 74.2 Å². The van der Waals surface area contributed by atoms with Crippen LogP contribution in [-0.4, -0.2) is 56.5 Å². The summed E-state index contributed by atoms with van der Waals surface area (Å²) in [5.74, 6) is -0.471. The van der Waals surface area contributed by atoms with E-state index in [1.807, 2.05) is 19.2 Å². The van der Waals surface area contributed by atoms with Crippen LogP contribution in [0.5, 0.6) is 0 Å². The molecule has 8 heteroatoms. The molecule has 1 aliphatic heterocycles. The lowest BCUT2D eigenvalue weighted by Gasteiger charge is -2.43. The summed E-state index contributed by atoms with van der Waals surface area (Å²) in [5.41, 5.74) is 0.248. The van der Waals surface area contributed by atoms with Crippen LogP contribution in [-0.2, 0) is 9.16 Å². The molecule has 37 heavy (non-hydrogen) atoms. The second kappa shape index (κ2) is 11.0. The number of likely N-dealkylation sites (tertiary alicyclic amines) is 1. The molecule has 3 aromatic rings.